The zero-order valence-electron chi connectivity index (χ0n) is 18.8. The Labute approximate surface area is 193 Å². The van der Waals surface area contributed by atoms with Crippen molar-refractivity contribution in [2.24, 2.45) is 5.41 Å². The molecular weight excluding hydrogens is 422 g/mol. The second-order valence-electron chi connectivity index (χ2n) is 10.7. The van der Waals surface area contributed by atoms with Gasteiger partial charge in [-0.15, -0.1) is 0 Å². The zero-order valence-corrected chi connectivity index (χ0v) is 18.8. The first-order valence-corrected chi connectivity index (χ1v) is 12.3. The standard InChI is InChI=1S/C25H31N3O5/c29-16-10-25(11-16)13-27(14-25)19-3-1-2-4-21(19)33-17-5-6-18-15(9-17)12-28(24(18)32)20-7-8-22(30)26-23(20)31/h5-6,9,16,19-21,29H,1-4,7-8,10-14H2,(H,26,30,31)/t19-,20?,21-/m0/s1. The van der Waals surface area contributed by atoms with Gasteiger partial charge in [0.1, 0.15) is 17.9 Å². The van der Waals surface area contributed by atoms with Crippen LogP contribution in [0.1, 0.15) is 67.3 Å². The third-order valence-electron chi connectivity index (χ3n) is 8.33. The Morgan fingerprint density at radius 1 is 1.06 bits per heavy atom. The van der Waals surface area contributed by atoms with E-state index >= 15 is 0 Å². The summed E-state index contributed by atoms with van der Waals surface area (Å²) in [4.78, 5) is 40.8. The first-order chi connectivity index (χ1) is 15.9. The van der Waals surface area contributed by atoms with Crippen LogP contribution in [0.15, 0.2) is 18.2 Å². The van der Waals surface area contributed by atoms with E-state index in [1.54, 1.807) is 4.90 Å². The average Bonchev–Trinajstić information content (AvgIpc) is 3.06. The number of aliphatic hydroxyl groups is 1. The second kappa shape index (κ2) is 7.81. The lowest BCUT2D eigenvalue weighted by Gasteiger charge is -2.61. The van der Waals surface area contributed by atoms with E-state index in [0.29, 0.717) is 30.0 Å². The number of carbonyl (C=O) groups excluding carboxylic acids is 3. The summed E-state index contributed by atoms with van der Waals surface area (Å²) in [6.45, 7) is 2.49. The third kappa shape index (κ3) is 3.64. The summed E-state index contributed by atoms with van der Waals surface area (Å²) in [5.41, 5.74) is 1.83. The van der Waals surface area contributed by atoms with Gasteiger partial charge in [0.05, 0.1) is 6.10 Å². The van der Waals surface area contributed by atoms with Crippen molar-refractivity contribution >= 4 is 17.7 Å². The van der Waals surface area contributed by atoms with Crippen LogP contribution in [0.4, 0.5) is 0 Å². The molecule has 3 heterocycles. The highest BCUT2D eigenvalue weighted by Crippen LogP contribution is 2.50. The van der Waals surface area contributed by atoms with Gasteiger partial charge in [-0.1, -0.05) is 6.42 Å². The minimum absolute atomic E-state index is 0.112. The summed E-state index contributed by atoms with van der Waals surface area (Å²) < 4.78 is 6.50. The average molecular weight is 454 g/mol. The zero-order chi connectivity index (χ0) is 22.7. The summed E-state index contributed by atoms with van der Waals surface area (Å²) in [5.74, 6) is -0.0481. The van der Waals surface area contributed by atoms with Crippen LogP contribution in [-0.2, 0) is 16.1 Å². The Kier molecular flexibility index (Phi) is 4.99. The number of carbonyl (C=O) groups is 3. The molecule has 3 atom stereocenters. The number of amides is 3. The number of hydrogen-bond acceptors (Lipinski definition) is 6. The number of benzene rings is 1. The molecule has 2 N–H and O–H groups in total. The molecule has 4 fully saturated rings. The van der Waals surface area contributed by atoms with Gasteiger partial charge in [0.25, 0.3) is 5.91 Å². The number of nitrogens with zero attached hydrogens (tertiary/aromatic N) is 2. The summed E-state index contributed by atoms with van der Waals surface area (Å²) >= 11 is 0. The lowest BCUT2D eigenvalue weighted by atomic mass is 9.61. The molecule has 0 radical (unpaired) electrons. The minimum Gasteiger partial charge on any atom is -0.489 e. The molecule has 0 bridgehead atoms. The summed E-state index contributed by atoms with van der Waals surface area (Å²) in [6.07, 6.45) is 7.04. The Bertz CT molecular complexity index is 996. The quantitative estimate of drug-likeness (QED) is 0.672. The van der Waals surface area contributed by atoms with Gasteiger partial charge < -0.3 is 14.7 Å². The van der Waals surface area contributed by atoms with Crippen LogP contribution in [-0.4, -0.2) is 70.0 Å². The highest BCUT2D eigenvalue weighted by atomic mass is 16.5. The summed E-state index contributed by atoms with van der Waals surface area (Å²) in [5, 5.41) is 12.1. The Morgan fingerprint density at radius 2 is 1.85 bits per heavy atom. The fourth-order valence-corrected chi connectivity index (χ4v) is 6.68. The maximum absolute atomic E-state index is 12.9. The highest BCUT2D eigenvalue weighted by molar-refractivity contribution is 6.05. The minimum atomic E-state index is -0.599. The lowest BCUT2D eigenvalue weighted by Crippen LogP contribution is -2.68. The van der Waals surface area contributed by atoms with Crippen LogP contribution >= 0.6 is 0 Å². The number of nitrogens with one attached hydrogen (secondary N) is 1. The van der Waals surface area contributed by atoms with Crippen molar-refractivity contribution in [3.8, 4) is 5.75 Å². The molecule has 3 amide bonds. The molecule has 1 unspecified atom stereocenters. The molecule has 1 spiro atoms. The van der Waals surface area contributed by atoms with Crippen LogP contribution < -0.4 is 10.1 Å². The van der Waals surface area contributed by atoms with Crippen LogP contribution in [0, 0.1) is 5.41 Å². The maximum Gasteiger partial charge on any atom is 0.255 e. The van der Waals surface area contributed by atoms with Crippen LogP contribution in [0.5, 0.6) is 5.75 Å². The first kappa shape index (κ1) is 21.1. The van der Waals surface area contributed by atoms with Crippen molar-refractivity contribution in [2.45, 2.75) is 82.2 Å². The van der Waals surface area contributed by atoms with E-state index < -0.39 is 6.04 Å². The predicted molar refractivity (Wildman–Crippen MR) is 118 cm³/mol. The molecule has 3 aliphatic heterocycles. The number of rotatable bonds is 4. The molecule has 33 heavy (non-hydrogen) atoms. The van der Waals surface area contributed by atoms with Gasteiger partial charge in [-0.25, -0.2) is 0 Å². The van der Waals surface area contributed by atoms with Crippen LogP contribution in [0.3, 0.4) is 0 Å². The molecule has 6 rings (SSSR count). The number of likely N-dealkylation sites (tertiary alicyclic amines) is 1. The number of fused-ring (bicyclic) bond motifs is 1. The van der Waals surface area contributed by atoms with Gasteiger partial charge in [0.2, 0.25) is 11.8 Å². The van der Waals surface area contributed by atoms with Gasteiger partial charge in [-0.2, -0.15) is 0 Å². The fraction of sp³-hybridized carbons (Fsp3) is 0.640. The largest absolute Gasteiger partial charge is 0.489 e. The van der Waals surface area contributed by atoms with Crippen molar-refractivity contribution in [3.63, 3.8) is 0 Å². The number of piperidine rings is 1. The maximum atomic E-state index is 12.9. The first-order valence-electron chi connectivity index (χ1n) is 12.3. The molecule has 8 heteroatoms. The van der Waals surface area contributed by atoms with Gasteiger partial charge in [-0.3, -0.25) is 24.6 Å². The number of aliphatic hydroxyl groups excluding tert-OH is 1. The van der Waals surface area contributed by atoms with E-state index in [1.165, 1.54) is 6.42 Å². The van der Waals surface area contributed by atoms with Crippen molar-refractivity contribution in [1.82, 2.24) is 15.1 Å². The smallest absolute Gasteiger partial charge is 0.255 e. The van der Waals surface area contributed by atoms with E-state index in [2.05, 4.69) is 10.2 Å². The van der Waals surface area contributed by atoms with Gasteiger partial charge >= 0.3 is 0 Å². The molecule has 1 aromatic carbocycles. The van der Waals surface area contributed by atoms with E-state index in [0.717, 1.165) is 56.5 Å². The van der Waals surface area contributed by atoms with Crippen LogP contribution in [0.2, 0.25) is 0 Å². The molecule has 1 aromatic rings. The normalized spacial score (nSPS) is 31.7. The SMILES string of the molecule is O=C1CCC(N2Cc3cc(O[C@H]4CCCC[C@@H]4N4CC5(CC(O)C5)C4)ccc3C2=O)C(=O)N1. The predicted octanol–water partition coefficient (Wildman–Crippen LogP) is 1.59. The van der Waals surface area contributed by atoms with E-state index in [1.807, 2.05) is 18.2 Å². The van der Waals surface area contributed by atoms with E-state index in [9.17, 15) is 19.5 Å². The molecular formula is C25H31N3O5. The second-order valence-corrected chi connectivity index (χ2v) is 10.7. The van der Waals surface area contributed by atoms with Gasteiger partial charge in [0, 0.05) is 43.1 Å². The number of ether oxygens (including phenoxy) is 1. The molecule has 2 saturated carbocycles. The Hall–Kier alpha value is -2.45. The van der Waals surface area contributed by atoms with Crippen molar-refractivity contribution in [2.75, 3.05) is 13.1 Å². The van der Waals surface area contributed by atoms with Crippen molar-refractivity contribution < 1.29 is 24.2 Å². The van der Waals surface area contributed by atoms with E-state index in [-0.39, 0.29) is 36.4 Å². The Balaban J connectivity index is 1.13. The monoisotopic (exact) mass is 453 g/mol. The molecule has 0 aromatic heterocycles. The fourth-order valence-electron chi connectivity index (χ4n) is 6.68. The molecule has 8 nitrogen and oxygen atoms in total. The van der Waals surface area contributed by atoms with E-state index in [4.69, 9.17) is 4.74 Å². The molecule has 2 aliphatic carbocycles. The summed E-state index contributed by atoms with van der Waals surface area (Å²) in [7, 11) is 0. The highest BCUT2D eigenvalue weighted by Gasteiger charge is 2.54. The Morgan fingerprint density at radius 3 is 2.61 bits per heavy atom. The number of imide groups is 1. The van der Waals surface area contributed by atoms with Crippen molar-refractivity contribution in [1.29, 1.82) is 0 Å². The lowest BCUT2D eigenvalue weighted by molar-refractivity contribution is -0.156. The summed E-state index contributed by atoms with van der Waals surface area (Å²) in [6, 6.07) is 5.43. The molecule has 5 aliphatic rings. The van der Waals surface area contributed by atoms with Crippen LogP contribution in [0.25, 0.3) is 0 Å². The third-order valence-corrected chi connectivity index (χ3v) is 8.33. The molecule has 2 saturated heterocycles. The topological polar surface area (TPSA) is 99.2 Å². The number of hydrogen-bond donors (Lipinski definition) is 2. The van der Waals surface area contributed by atoms with Crippen molar-refractivity contribution in [3.05, 3.63) is 29.3 Å². The van der Waals surface area contributed by atoms with Gasteiger partial charge in [0.15, 0.2) is 0 Å². The van der Waals surface area contributed by atoms with Gasteiger partial charge in [-0.05, 0) is 62.3 Å². The molecule has 176 valence electrons.